The van der Waals surface area contributed by atoms with E-state index in [1.807, 2.05) is 0 Å². The molecule has 1 aromatic rings. The van der Waals surface area contributed by atoms with Gasteiger partial charge in [0, 0.05) is 0 Å². The SMILES string of the molecule is CC(C(=O)O)c1ccccc1S(=O)(=O)O. The molecule has 0 heterocycles. The van der Waals surface area contributed by atoms with Crippen LogP contribution < -0.4 is 0 Å². The molecule has 1 rings (SSSR count). The minimum Gasteiger partial charge on any atom is -0.481 e. The fraction of sp³-hybridized carbons (Fsp3) is 0.222. The smallest absolute Gasteiger partial charge is 0.310 e. The molecule has 0 radical (unpaired) electrons. The van der Waals surface area contributed by atoms with Gasteiger partial charge in [-0.1, -0.05) is 18.2 Å². The number of carbonyl (C=O) groups is 1. The van der Waals surface area contributed by atoms with Crippen LogP contribution in [0.3, 0.4) is 0 Å². The van der Waals surface area contributed by atoms with Gasteiger partial charge in [0.15, 0.2) is 0 Å². The Hall–Kier alpha value is -1.40. The van der Waals surface area contributed by atoms with Crippen molar-refractivity contribution in [1.29, 1.82) is 0 Å². The first-order valence-corrected chi connectivity index (χ1v) is 5.57. The Morgan fingerprint density at radius 1 is 1.33 bits per heavy atom. The van der Waals surface area contributed by atoms with E-state index in [4.69, 9.17) is 9.66 Å². The van der Waals surface area contributed by atoms with Crippen LogP contribution >= 0.6 is 0 Å². The number of carboxylic acid groups (broad SMARTS) is 1. The lowest BCUT2D eigenvalue weighted by Crippen LogP contribution is -2.12. The van der Waals surface area contributed by atoms with Crippen molar-refractivity contribution in [2.24, 2.45) is 0 Å². The topological polar surface area (TPSA) is 91.7 Å². The number of hydrogen-bond donors (Lipinski definition) is 2. The Balaban J connectivity index is 3.37. The predicted octanol–water partition coefficient (Wildman–Crippen LogP) is 1.12. The molecule has 0 spiro atoms. The van der Waals surface area contributed by atoms with Crippen LogP contribution in [0.5, 0.6) is 0 Å². The van der Waals surface area contributed by atoms with E-state index in [2.05, 4.69) is 0 Å². The Bertz CT molecular complexity index is 477. The molecule has 1 aromatic carbocycles. The maximum absolute atomic E-state index is 10.9. The molecule has 0 bridgehead atoms. The van der Waals surface area contributed by atoms with Crippen LogP contribution in [0.2, 0.25) is 0 Å². The van der Waals surface area contributed by atoms with Gasteiger partial charge in [-0.15, -0.1) is 0 Å². The number of hydrogen-bond acceptors (Lipinski definition) is 3. The zero-order valence-electron chi connectivity index (χ0n) is 7.91. The van der Waals surface area contributed by atoms with Crippen LogP contribution in [0, 0.1) is 0 Å². The lowest BCUT2D eigenvalue weighted by Gasteiger charge is -2.10. The number of carboxylic acids is 1. The summed E-state index contributed by atoms with van der Waals surface area (Å²) >= 11 is 0. The molecule has 0 aliphatic carbocycles. The first kappa shape index (κ1) is 11.7. The molecule has 6 heteroatoms. The lowest BCUT2D eigenvalue weighted by atomic mass is 10.0. The van der Waals surface area contributed by atoms with E-state index in [1.54, 1.807) is 0 Å². The van der Waals surface area contributed by atoms with Gasteiger partial charge in [-0.2, -0.15) is 8.42 Å². The fourth-order valence-electron chi connectivity index (χ4n) is 1.21. The van der Waals surface area contributed by atoms with Gasteiger partial charge in [-0.05, 0) is 18.6 Å². The summed E-state index contributed by atoms with van der Waals surface area (Å²) in [5.41, 5.74) is 0.0764. The van der Waals surface area contributed by atoms with Crippen molar-refractivity contribution in [2.45, 2.75) is 17.7 Å². The van der Waals surface area contributed by atoms with E-state index in [0.29, 0.717) is 0 Å². The quantitative estimate of drug-likeness (QED) is 0.759. The number of aliphatic carboxylic acids is 1. The summed E-state index contributed by atoms with van der Waals surface area (Å²) in [6, 6.07) is 5.47. The largest absolute Gasteiger partial charge is 0.481 e. The second kappa shape index (κ2) is 4.00. The maximum Gasteiger partial charge on any atom is 0.310 e. The summed E-state index contributed by atoms with van der Waals surface area (Å²) in [6.45, 7) is 1.35. The first-order valence-electron chi connectivity index (χ1n) is 4.13. The van der Waals surface area contributed by atoms with Crippen molar-refractivity contribution in [1.82, 2.24) is 0 Å². The molecule has 0 aromatic heterocycles. The third-order valence-electron chi connectivity index (χ3n) is 2.03. The van der Waals surface area contributed by atoms with E-state index in [0.717, 1.165) is 0 Å². The zero-order chi connectivity index (χ0) is 11.6. The van der Waals surface area contributed by atoms with Gasteiger partial charge in [0.25, 0.3) is 10.1 Å². The molecule has 0 fully saturated rings. The fourth-order valence-corrected chi connectivity index (χ4v) is 2.00. The Morgan fingerprint density at radius 2 is 1.87 bits per heavy atom. The zero-order valence-corrected chi connectivity index (χ0v) is 8.73. The molecular formula is C9H10O5S. The molecule has 0 aliphatic heterocycles. The van der Waals surface area contributed by atoms with E-state index in [9.17, 15) is 13.2 Å². The highest BCUT2D eigenvalue weighted by atomic mass is 32.2. The molecule has 5 nitrogen and oxygen atoms in total. The normalized spacial score (nSPS) is 13.5. The number of benzene rings is 1. The molecule has 1 unspecified atom stereocenters. The molecule has 0 amide bonds. The second-order valence-electron chi connectivity index (χ2n) is 3.07. The minimum atomic E-state index is -4.38. The summed E-state index contributed by atoms with van der Waals surface area (Å²) < 4.78 is 30.8. The molecule has 0 aliphatic rings. The van der Waals surface area contributed by atoms with E-state index in [-0.39, 0.29) is 10.5 Å². The van der Waals surface area contributed by atoms with Gasteiger partial charge in [-0.3, -0.25) is 9.35 Å². The summed E-state index contributed by atoms with van der Waals surface area (Å²) in [5.74, 6) is -2.13. The van der Waals surface area contributed by atoms with Crippen LogP contribution in [0.4, 0.5) is 0 Å². The number of rotatable bonds is 3. The highest BCUT2D eigenvalue weighted by Crippen LogP contribution is 2.23. The van der Waals surface area contributed by atoms with Gasteiger partial charge in [0.05, 0.1) is 10.8 Å². The van der Waals surface area contributed by atoms with Crippen LogP contribution in [0.25, 0.3) is 0 Å². The van der Waals surface area contributed by atoms with Gasteiger partial charge >= 0.3 is 5.97 Å². The molecular weight excluding hydrogens is 220 g/mol. The van der Waals surface area contributed by atoms with E-state index >= 15 is 0 Å². The second-order valence-corrected chi connectivity index (χ2v) is 4.46. The van der Waals surface area contributed by atoms with Crippen molar-refractivity contribution in [3.8, 4) is 0 Å². The third kappa shape index (κ3) is 2.54. The van der Waals surface area contributed by atoms with Crippen LogP contribution in [-0.2, 0) is 14.9 Å². The summed E-state index contributed by atoms with van der Waals surface area (Å²) in [4.78, 5) is 10.3. The minimum absolute atomic E-state index is 0.0764. The van der Waals surface area contributed by atoms with Crippen molar-refractivity contribution >= 4 is 16.1 Å². The maximum atomic E-state index is 10.9. The van der Waals surface area contributed by atoms with Crippen LogP contribution in [0.1, 0.15) is 18.4 Å². The Morgan fingerprint density at radius 3 is 2.33 bits per heavy atom. The monoisotopic (exact) mass is 230 g/mol. The third-order valence-corrected chi connectivity index (χ3v) is 2.96. The summed E-state index contributed by atoms with van der Waals surface area (Å²) in [6.07, 6.45) is 0. The van der Waals surface area contributed by atoms with Crippen LogP contribution in [-0.4, -0.2) is 24.0 Å². The summed E-state index contributed by atoms with van der Waals surface area (Å²) in [5, 5.41) is 8.75. The van der Waals surface area contributed by atoms with Crippen molar-refractivity contribution in [3.05, 3.63) is 29.8 Å². The average molecular weight is 230 g/mol. The van der Waals surface area contributed by atoms with Crippen molar-refractivity contribution in [3.63, 3.8) is 0 Å². The first-order chi connectivity index (χ1) is 6.84. The summed E-state index contributed by atoms with van der Waals surface area (Å²) in [7, 11) is -4.38. The highest BCUT2D eigenvalue weighted by Gasteiger charge is 2.22. The molecule has 82 valence electrons. The average Bonchev–Trinajstić information content (AvgIpc) is 2.15. The van der Waals surface area contributed by atoms with Crippen molar-refractivity contribution in [2.75, 3.05) is 0 Å². The van der Waals surface area contributed by atoms with E-state index < -0.39 is 22.0 Å². The highest BCUT2D eigenvalue weighted by molar-refractivity contribution is 7.85. The lowest BCUT2D eigenvalue weighted by molar-refractivity contribution is -0.138. The van der Waals surface area contributed by atoms with Crippen molar-refractivity contribution < 1.29 is 22.9 Å². The predicted molar refractivity (Wildman–Crippen MR) is 52.3 cm³/mol. The molecule has 0 saturated heterocycles. The molecule has 15 heavy (non-hydrogen) atoms. The van der Waals surface area contributed by atoms with E-state index in [1.165, 1.54) is 31.2 Å². The van der Waals surface area contributed by atoms with Gasteiger partial charge in [-0.25, -0.2) is 0 Å². The molecule has 1 atom stereocenters. The molecule has 0 saturated carbocycles. The van der Waals surface area contributed by atoms with Gasteiger partial charge in [0.2, 0.25) is 0 Å². The standard InChI is InChI=1S/C9H10O5S/c1-6(9(10)11)7-4-2-3-5-8(7)15(12,13)14/h2-6H,1H3,(H,10,11)(H,12,13,14). The Labute approximate surface area is 87.1 Å². The van der Waals surface area contributed by atoms with Crippen LogP contribution in [0.15, 0.2) is 29.2 Å². The Kier molecular flexibility index (Phi) is 3.11. The molecule has 2 N–H and O–H groups in total. The van der Waals surface area contributed by atoms with Gasteiger partial charge in [0.1, 0.15) is 0 Å². The van der Waals surface area contributed by atoms with Gasteiger partial charge < -0.3 is 5.11 Å².